The molecule has 1 aromatic heterocycles. The van der Waals surface area contributed by atoms with E-state index in [0.29, 0.717) is 5.92 Å². The molecule has 1 saturated carbocycles. The number of hydrogen-bond donors (Lipinski definition) is 0. The van der Waals surface area contributed by atoms with E-state index < -0.39 is 0 Å². The molecule has 0 aliphatic heterocycles. The van der Waals surface area contributed by atoms with Gasteiger partial charge in [-0.15, -0.1) is 11.3 Å². The summed E-state index contributed by atoms with van der Waals surface area (Å²) in [5.74, 6) is 0.599. The molecular weight excluding hydrogens is 320 g/mol. The molecule has 1 heterocycles. The third-order valence-corrected chi connectivity index (χ3v) is 5.39. The lowest BCUT2D eigenvalue weighted by atomic mass is 9.89. The molecule has 1 fully saturated rings. The number of benzene rings is 1. The topological polar surface area (TPSA) is 56.0 Å². The van der Waals surface area contributed by atoms with Crippen LogP contribution in [0.1, 0.15) is 67.1 Å². The van der Waals surface area contributed by atoms with Crippen molar-refractivity contribution in [3.63, 3.8) is 0 Å². The number of non-ortho nitro benzene ring substituents is 1. The van der Waals surface area contributed by atoms with Gasteiger partial charge in [-0.2, -0.15) is 0 Å². The van der Waals surface area contributed by atoms with Crippen molar-refractivity contribution in [2.24, 2.45) is 0 Å². The highest BCUT2D eigenvalue weighted by molar-refractivity contribution is 7.10. The summed E-state index contributed by atoms with van der Waals surface area (Å²) in [5.41, 5.74) is 2.17. The van der Waals surface area contributed by atoms with E-state index in [1.165, 1.54) is 56.7 Å². The van der Waals surface area contributed by atoms with Crippen LogP contribution >= 0.6 is 11.3 Å². The van der Waals surface area contributed by atoms with Gasteiger partial charge < -0.3 is 0 Å². The molecule has 3 rings (SSSR count). The largest absolute Gasteiger partial charge is 0.270 e. The number of thiazole rings is 1. The molecule has 0 spiro atoms. The summed E-state index contributed by atoms with van der Waals surface area (Å²) in [7, 11) is 0. The van der Waals surface area contributed by atoms with Gasteiger partial charge in [0.05, 0.1) is 10.6 Å². The standard InChI is InChI=1S/C19H22N2O2S/c22-21(23)17-10-6-7-15(13-17)11-12-19-20-18(14-24-19)16-8-4-2-1-3-5-9-16/h6-7,10-14,16H,1-5,8-9H2. The Kier molecular flexibility index (Phi) is 5.75. The first-order valence-electron chi connectivity index (χ1n) is 8.60. The molecule has 0 saturated heterocycles. The molecule has 1 aliphatic rings. The van der Waals surface area contributed by atoms with Crippen molar-refractivity contribution in [2.45, 2.75) is 50.9 Å². The molecule has 1 aliphatic carbocycles. The molecule has 0 unspecified atom stereocenters. The number of hydrogen-bond acceptors (Lipinski definition) is 4. The van der Waals surface area contributed by atoms with E-state index in [1.807, 2.05) is 18.2 Å². The molecule has 1 aromatic carbocycles. The molecule has 126 valence electrons. The Balaban J connectivity index is 1.69. The summed E-state index contributed by atoms with van der Waals surface area (Å²) in [6.07, 6.45) is 13.0. The first-order chi connectivity index (χ1) is 11.7. The van der Waals surface area contributed by atoms with Gasteiger partial charge in [0.2, 0.25) is 0 Å². The summed E-state index contributed by atoms with van der Waals surface area (Å²) in [6.45, 7) is 0. The average molecular weight is 342 g/mol. The first-order valence-corrected chi connectivity index (χ1v) is 9.48. The molecule has 24 heavy (non-hydrogen) atoms. The van der Waals surface area contributed by atoms with Gasteiger partial charge in [0.1, 0.15) is 5.01 Å². The summed E-state index contributed by atoms with van der Waals surface area (Å²) in [4.78, 5) is 15.2. The minimum absolute atomic E-state index is 0.117. The molecule has 0 bridgehead atoms. The monoisotopic (exact) mass is 342 g/mol. The van der Waals surface area contributed by atoms with Gasteiger partial charge in [0, 0.05) is 23.4 Å². The predicted octanol–water partition coefficient (Wildman–Crippen LogP) is 6.05. The molecule has 0 amide bonds. The maximum absolute atomic E-state index is 10.8. The number of nitro benzene ring substituents is 1. The van der Waals surface area contributed by atoms with Crippen molar-refractivity contribution < 1.29 is 4.92 Å². The van der Waals surface area contributed by atoms with E-state index >= 15 is 0 Å². The highest BCUT2D eigenvalue weighted by Crippen LogP contribution is 2.31. The number of rotatable bonds is 4. The van der Waals surface area contributed by atoms with Crippen LogP contribution in [0.2, 0.25) is 0 Å². The quantitative estimate of drug-likeness (QED) is 0.502. The van der Waals surface area contributed by atoms with Gasteiger partial charge in [0.15, 0.2) is 0 Å². The lowest BCUT2D eigenvalue weighted by molar-refractivity contribution is -0.384. The third kappa shape index (κ3) is 4.51. The molecule has 5 heteroatoms. The number of aromatic nitrogens is 1. The predicted molar refractivity (Wildman–Crippen MR) is 99.2 cm³/mol. The van der Waals surface area contributed by atoms with Crippen LogP contribution in [-0.2, 0) is 0 Å². The van der Waals surface area contributed by atoms with Crippen molar-refractivity contribution in [3.05, 3.63) is 56.0 Å². The van der Waals surface area contributed by atoms with E-state index in [9.17, 15) is 10.1 Å². The van der Waals surface area contributed by atoms with E-state index in [0.717, 1.165) is 10.6 Å². The maximum Gasteiger partial charge on any atom is 0.270 e. The lowest BCUT2D eigenvalue weighted by Gasteiger charge is -2.17. The van der Waals surface area contributed by atoms with Crippen molar-refractivity contribution in [2.75, 3.05) is 0 Å². The van der Waals surface area contributed by atoms with E-state index in [4.69, 9.17) is 4.98 Å². The minimum Gasteiger partial charge on any atom is -0.258 e. The second kappa shape index (κ2) is 8.20. The van der Waals surface area contributed by atoms with E-state index in [1.54, 1.807) is 23.5 Å². The molecule has 0 atom stereocenters. The zero-order chi connectivity index (χ0) is 16.8. The van der Waals surface area contributed by atoms with Crippen molar-refractivity contribution in [1.29, 1.82) is 0 Å². The molecule has 2 aromatic rings. The zero-order valence-corrected chi connectivity index (χ0v) is 14.5. The minimum atomic E-state index is -0.368. The van der Waals surface area contributed by atoms with Crippen LogP contribution in [0.3, 0.4) is 0 Å². The van der Waals surface area contributed by atoms with Gasteiger partial charge in [-0.25, -0.2) is 4.98 Å². The van der Waals surface area contributed by atoms with E-state index in [2.05, 4.69) is 5.38 Å². The third-order valence-electron chi connectivity index (χ3n) is 4.56. The van der Waals surface area contributed by atoms with Crippen molar-refractivity contribution in [1.82, 2.24) is 4.98 Å². The number of nitrogens with zero attached hydrogens (tertiary/aromatic N) is 2. The van der Waals surface area contributed by atoms with Gasteiger partial charge in [-0.1, -0.05) is 50.3 Å². The highest BCUT2D eigenvalue weighted by Gasteiger charge is 2.16. The van der Waals surface area contributed by atoms with E-state index in [-0.39, 0.29) is 10.6 Å². The summed E-state index contributed by atoms with van der Waals surface area (Å²) in [5, 5.41) is 14.0. The Labute approximate surface area is 146 Å². The van der Waals surface area contributed by atoms with Crippen LogP contribution in [0, 0.1) is 10.1 Å². The maximum atomic E-state index is 10.8. The molecular formula is C19H22N2O2S. The van der Waals surface area contributed by atoms with Gasteiger partial charge >= 0.3 is 0 Å². The SMILES string of the molecule is O=[N+]([O-])c1cccc(C=Cc2nc(C3CCCCCCC3)cs2)c1. The summed E-state index contributed by atoms with van der Waals surface area (Å²) < 4.78 is 0. The first kappa shape index (κ1) is 16.8. The highest BCUT2D eigenvalue weighted by atomic mass is 32.1. The summed E-state index contributed by atoms with van der Waals surface area (Å²) >= 11 is 1.65. The van der Waals surface area contributed by atoms with Crippen LogP contribution in [0.4, 0.5) is 5.69 Å². The Morgan fingerprint density at radius 2 is 1.88 bits per heavy atom. The fraction of sp³-hybridized carbons (Fsp3) is 0.421. The Morgan fingerprint density at radius 1 is 1.12 bits per heavy atom. The average Bonchev–Trinajstić information content (AvgIpc) is 3.02. The second-order valence-electron chi connectivity index (χ2n) is 6.34. The van der Waals surface area contributed by atoms with Crippen LogP contribution in [0.25, 0.3) is 12.2 Å². The van der Waals surface area contributed by atoms with Crippen LogP contribution in [-0.4, -0.2) is 9.91 Å². The normalized spacial score (nSPS) is 16.8. The van der Waals surface area contributed by atoms with Crippen molar-refractivity contribution in [3.8, 4) is 0 Å². The van der Waals surface area contributed by atoms with Gasteiger partial charge in [-0.05, 0) is 24.5 Å². The molecule has 0 radical (unpaired) electrons. The fourth-order valence-corrected chi connectivity index (χ4v) is 4.02. The molecule has 4 nitrogen and oxygen atoms in total. The van der Waals surface area contributed by atoms with Gasteiger partial charge in [0.25, 0.3) is 5.69 Å². The Morgan fingerprint density at radius 3 is 2.62 bits per heavy atom. The van der Waals surface area contributed by atoms with Crippen LogP contribution < -0.4 is 0 Å². The lowest BCUT2D eigenvalue weighted by Crippen LogP contribution is -2.02. The second-order valence-corrected chi connectivity index (χ2v) is 7.23. The molecule has 0 N–H and O–H groups in total. The Hall–Kier alpha value is -2.01. The number of nitro groups is 1. The van der Waals surface area contributed by atoms with Crippen LogP contribution in [0.15, 0.2) is 29.6 Å². The Bertz CT molecular complexity index is 716. The van der Waals surface area contributed by atoms with Gasteiger partial charge in [-0.3, -0.25) is 10.1 Å². The van der Waals surface area contributed by atoms with Crippen LogP contribution in [0.5, 0.6) is 0 Å². The zero-order valence-electron chi connectivity index (χ0n) is 13.7. The fourth-order valence-electron chi connectivity index (χ4n) is 3.23. The smallest absolute Gasteiger partial charge is 0.258 e. The summed E-state index contributed by atoms with van der Waals surface area (Å²) in [6, 6.07) is 6.67. The van der Waals surface area contributed by atoms with Crippen molar-refractivity contribution >= 4 is 29.2 Å².